The van der Waals surface area contributed by atoms with E-state index < -0.39 is 8.32 Å². The number of para-hydroxylation sites is 3. The highest BCUT2D eigenvalue weighted by Crippen LogP contribution is 2.40. The van der Waals surface area contributed by atoms with Gasteiger partial charge in [0.2, 0.25) is 8.32 Å². The van der Waals surface area contributed by atoms with Gasteiger partial charge >= 0.3 is 0 Å². The Balaban J connectivity index is 1.58. The van der Waals surface area contributed by atoms with Gasteiger partial charge in [-0.1, -0.05) is 66.7 Å². The van der Waals surface area contributed by atoms with Crippen LogP contribution in [0.4, 0.5) is 34.1 Å². The number of benzene rings is 5. The molecule has 0 aliphatic heterocycles. The molecule has 0 aliphatic carbocycles. The average molecular weight is 529 g/mol. The van der Waals surface area contributed by atoms with E-state index in [-0.39, 0.29) is 0 Å². The van der Waals surface area contributed by atoms with E-state index in [9.17, 15) is 0 Å². The van der Waals surface area contributed by atoms with Crippen LogP contribution in [0.1, 0.15) is 12.5 Å². The summed E-state index contributed by atoms with van der Waals surface area (Å²) in [7, 11) is -1.92. The van der Waals surface area contributed by atoms with Crippen molar-refractivity contribution in [1.29, 1.82) is 0 Å². The maximum Gasteiger partial charge on any atom is 0.218 e. The van der Waals surface area contributed by atoms with Gasteiger partial charge in [0, 0.05) is 40.7 Å². The van der Waals surface area contributed by atoms with Gasteiger partial charge in [-0.3, -0.25) is 0 Å². The van der Waals surface area contributed by atoms with Crippen LogP contribution in [-0.4, -0.2) is 14.9 Å². The minimum absolute atomic E-state index is 0.742. The minimum Gasteiger partial charge on any atom is -0.413 e. The Bertz CT molecular complexity index is 1450. The number of aryl methyl sites for hydroxylation is 1. The molecule has 0 atom stereocenters. The molecule has 0 amide bonds. The molecule has 5 rings (SSSR count). The molecule has 0 N–H and O–H groups in total. The maximum absolute atomic E-state index is 6.13. The predicted octanol–water partition coefficient (Wildman–Crippen LogP) is 9.38. The Labute approximate surface area is 234 Å². The van der Waals surface area contributed by atoms with Crippen LogP contribution in [-0.2, 0) is 4.43 Å². The number of nitrogens with zero attached hydrogens (tertiary/aromatic N) is 2. The summed E-state index contributed by atoms with van der Waals surface area (Å²) in [5, 5.41) is 1.30. The van der Waals surface area contributed by atoms with Gasteiger partial charge in [-0.2, -0.15) is 0 Å². The van der Waals surface area contributed by atoms with Crippen LogP contribution in [0, 0.1) is 6.92 Å². The van der Waals surface area contributed by atoms with Crippen LogP contribution in [0.5, 0.6) is 0 Å². The molecule has 4 heteroatoms. The first kappa shape index (κ1) is 26.5. The van der Waals surface area contributed by atoms with E-state index in [0.29, 0.717) is 0 Å². The van der Waals surface area contributed by atoms with E-state index in [0.717, 1.165) is 40.7 Å². The number of hydrogen-bond acceptors (Lipinski definition) is 3. The van der Waals surface area contributed by atoms with Crippen LogP contribution in [0.15, 0.2) is 133 Å². The summed E-state index contributed by atoms with van der Waals surface area (Å²) in [6.45, 7) is 9.53. The first-order valence-corrected chi connectivity index (χ1v) is 16.5. The third kappa shape index (κ3) is 5.82. The van der Waals surface area contributed by atoms with E-state index in [2.05, 4.69) is 170 Å². The van der Waals surface area contributed by atoms with Gasteiger partial charge in [-0.15, -0.1) is 0 Å². The molecule has 0 unspecified atom stereocenters. The third-order valence-corrected chi connectivity index (χ3v) is 9.78. The predicted molar refractivity (Wildman–Crippen MR) is 169 cm³/mol. The summed E-state index contributed by atoms with van der Waals surface area (Å²) >= 11 is 0. The Morgan fingerprint density at radius 3 is 1.44 bits per heavy atom. The van der Waals surface area contributed by atoms with Crippen molar-refractivity contribution >= 4 is 47.6 Å². The SMILES string of the molecule is CCO[Si](C)(C)c1ccc(N(c2ccccc2)c2ccc(N(c3ccccc3)c3ccccc3)cc2C)cc1. The van der Waals surface area contributed by atoms with Gasteiger partial charge in [0.05, 0.1) is 0 Å². The zero-order valence-electron chi connectivity index (χ0n) is 23.2. The van der Waals surface area contributed by atoms with Crippen LogP contribution in [0.2, 0.25) is 13.1 Å². The summed E-state index contributed by atoms with van der Waals surface area (Å²) in [6, 6.07) is 47.3. The minimum atomic E-state index is -1.92. The van der Waals surface area contributed by atoms with Crippen molar-refractivity contribution in [2.75, 3.05) is 16.4 Å². The fraction of sp³-hybridized carbons (Fsp3) is 0.143. The summed E-state index contributed by atoms with van der Waals surface area (Å²) < 4.78 is 6.13. The lowest BCUT2D eigenvalue weighted by atomic mass is 10.1. The second-order valence-corrected chi connectivity index (χ2v) is 14.0. The fourth-order valence-corrected chi connectivity index (χ4v) is 6.95. The van der Waals surface area contributed by atoms with E-state index in [1.165, 1.54) is 10.8 Å². The van der Waals surface area contributed by atoms with E-state index in [4.69, 9.17) is 4.43 Å². The summed E-state index contributed by atoms with van der Waals surface area (Å²) in [5.74, 6) is 0. The molecule has 3 nitrogen and oxygen atoms in total. The lowest BCUT2D eigenvalue weighted by molar-refractivity contribution is 0.339. The van der Waals surface area contributed by atoms with Crippen LogP contribution >= 0.6 is 0 Å². The van der Waals surface area contributed by atoms with E-state index >= 15 is 0 Å². The molecule has 0 saturated heterocycles. The van der Waals surface area contributed by atoms with Gasteiger partial charge in [-0.05, 0) is 104 Å². The van der Waals surface area contributed by atoms with Crippen molar-refractivity contribution in [2.24, 2.45) is 0 Å². The van der Waals surface area contributed by atoms with Gasteiger partial charge < -0.3 is 14.2 Å². The molecule has 0 fully saturated rings. The molecule has 0 aromatic heterocycles. The first-order valence-electron chi connectivity index (χ1n) is 13.6. The molecular weight excluding hydrogens is 492 g/mol. The molecule has 0 heterocycles. The van der Waals surface area contributed by atoms with Crippen molar-refractivity contribution < 1.29 is 4.43 Å². The molecular formula is C35H36N2OSi. The zero-order chi connectivity index (χ0) is 27.2. The summed E-state index contributed by atoms with van der Waals surface area (Å²) in [5.41, 5.74) is 8.00. The Kier molecular flexibility index (Phi) is 7.96. The number of hydrogen-bond donors (Lipinski definition) is 0. The number of rotatable bonds is 9. The van der Waals surface area contributed by atoms with Crippen molar-refractivity contribution in [3.63, 3.8) is 0 Å². The standard InChI is InChI=1S/C35H36N2OSi/c1-5-38-39(3,4)34-24-21-32(22-25-34)37(31-19-13-8-14-20-31)35-26-23-33(27-28(35)2)36(29-15-9-6-10-16-29)30-17-11-7-12-18-30/h6-27H,5H2,1-4H3. The van der Waals surface area contributed by atoms with Crippen LogP contribution in [0.25, 0.3) is 0 Å². The van der Waals surface area contributed by atoms with Crippen LogP contribution in [0.3, 0.4) is 0 Å². The smallest absolute Gasteiger partial charge is 0.218 e. The van der Waals surface area contributed by atoms with Crippen molar-refractivity contribution in [2.45, 2.75) is 26.9 Å². The molecule has 5 aromatic rings. The molecule has 0 aliphatic rings. The normalized spacial score (nSPS) is 11.3. The van der Waals surface area contributed by atoms with Gasteiger partial charge in [-0.25, -0.2) is 0 Å². The first-order chi connectivity index (χ1) is 19.0. The lowest BCUT2D eigenvalue weighted by Gasteiger charge is -2.30. The largest absolute Gasteiger partial charge is 0.413 e. The van der Waals surface area contributed by atoms with E-state index in [1.54, 1.807) is 0 Å². The third-order valence-electron chi connectivity index (χ3n) is 7.05. The highest BCUT2D eigenvalue weighted by atomic mass is 28.4. The zero-order valence-corrected chi connectivity index (χ0v) is 24.2. The average Bonchev–Trinajstić information content (AvgIpc) is 2.96. The highest BCUT2D eigenvalue weighted by Gasteiger charge is 2.25. The second-order valence-electron chi connectivity index (χ2n) is 10.1. The molecule has 0 radical (unpaired) electrons. The Morgan fingerprint density at radius 1 is 0.538 bits per heavy atom. The topological polar surface area (TPSA) is 15.7 Å². The van der Waals surface area contributed by atoms with Gasteiger partial charge in [0.1, 0.15) is 0 Å². The molecule has 5 aromatic carbocycles. The maximum atomic E-state index is 6.13. The van der Waals surface area contributed by atoms with Crippen LogP contribution < -0.4 is 15.0 Å². The van der Waals surface area contributed by atoms with Crippen molar-refractivity contribution in [3.05, 3.63) is 139 Å². The van der Waals surface area contributed by atoms with E-state index in [1.807, 2.05) is 0 Å². The fourth-order valence-electron chi connectivity index (χ4n) is 5.09. The monoisotopic (exact) mass is 528 g/mol. The van der Waals surface area contributed by atoms with Gasteiger partial charge in [0.25, 0.3) is 0 Å². The molecule has 0 spiro atoms. The van der Waals surface area contributed by atoms with Gasteiger partial charge in [0.15, 0.2) is 0 Å². The van der Waals surface area contributed by atoms with Crippen molar-refractivity contribution in [1.82, 2.24) is 0 Å². The molecule has 0 saturated carbocycles. The second kappa shape index (κ2) is 11.7. The van der Waals surface area contributed by atoms with Crippen molar-refractivity contribution in [3.8, 4) is 0 Å². The highest BCUT2D eigenvalue weighted by molar-refractivity contribution is 6.84. The molecule has 39 heavy (non-hydrogen) atoms. The summed E-state index contributed by atoms with van der Waals surface area (Å²) in [6.07, 6.45) is 0. The molecule has 196 valence electrons. The molecule has 0 bridgehead atoms. The Morgan fingerprint density at radius 2 is 0.974 bits per heavy atom. The summed E-state index contributed by atoms with van der Waals surface area (Å²) in [4.78, 5) is 4.65. The quantitative estimate of drug-likeness (QED) is 0.177. The lowest BCUT2D eigenvalue weighted by Crippen LogP contribution is -2.44. The Hall–Kier alpha value is -4.12. The number of anilines is 6.